The Morgan fingerprint density at radius 2 is 1.89 bits per heavy atom. The number of carbonyl (C=O) groups is 1. The molecule has 148 valence electrons. The number of aliphatic imine (C=N–C) groups is 1. The molecule has 1 heterocycles. The van der Waals surface area contributed by atoms with Gasteiger partial charge >= 0.3 is 5.97 Å². The van der Waals surface area contributed by atoms with Gasteiger partial charge in [0.15, 0.2) is 5.96 Å². The minimum Gasteiger partial charge on any atom is -0.465 e. The molecule has 0 aliphatic heterocycles. The molecule has 0 amide bonds. The number of aromatic nitrogens is 1. The summed E-state index contributed by atoms with van der Waals surface area (Å²) in [5.74, 6) is 0.352. The van der Waals surface area contributed by atoms with Gasteiger partial charge in [0.1, 0.15) is 5.15 Å². The van der Waals surface area contributed by atoms with Gasteiger partial charge in [0, 0.05) is 26.3 Å². The molecule has 0 unspecified atom stereocenters. The summed E-state index contributed by atoms with van der Waals surface area (Å²) in [5, 5.41) is 7.52. The molecule has 27 heavy (non-hydrogen) atoms. The predicted molar refractivity (Wildman–Crippen MR) is 121 cm³/mol. The van der Waals surface area contributed by atoms with Gasteiger partial charge in [-0.1, -0.05) is 35.3 Å². The number of rotatable bonds is 6. The third-order valence-electron chi connectivity index (χ3n) is 3.96. The summed E-state index contributed by atoms with van der Waals surface area (Å²) in [5.41, 5.74) is 2.62. The highest BCUT2D eigenvalue weighted by Crippen LogP contribution is 2.24. The Balaban J connectivity index is 0.00000364. The maximum atomic E-state index is 11.4. The fourth-order valence-corrected chi connectivity index (χ4v) is 2.82. The van der Waals surface area contributed by atoms with Crippen LogP contribution in [0.1, 0.15) is 21.6 Å². The Kier molecular flexibility index (Phi) is 9.97. The first-order chi connectivity index (χ1) is 12.5. The summed E-state index contributed by atoms with van der Waals surface area (Å²) >= 11 is 12.1. The zero-order valence-corrected chi connectivity index (χ0v) is 19.2. The number of hydrogen-bond donors (Lipinski definition) is 2. The molecule has 0 bridgehead atoms. The predicted octanol–water partition coefficient (Wildman–Crippen LogP) is 3.64. The number of benzene rings is 1. The fourth-order valence-electron chi connectivity index (χ4n) is 2.40. The van der Waals surface area contributed by atoms with Crippen LogP contribution in [0, 0.1) is 0 Å². The highest BCUT2D eigenvalue weighted by Gasteiger charge is 2.09. The van der Waals surface area contributed by atoms with Gasteiger partial charge in [0.25, 0.3) is 0 Å². The molecule has 0 spiro atoms. The van der Waals surface area contributed by atoms with E-state index in [1.165, 1.54) is 7.11 Å². The number of halogens is 3. The summed E-state index contributed by atoms with van der Waals surface area (Å²) in [7, 11) is 4.95. The van der Waals surface area contributed by atoms with Crippen LogP contribution < -0.4 is 10.6 Å². The van der Waals surface area contributed by atoms with Crippen molar-refractivity contribution in [3.05, 3.63) is 57.3 Å². The number of nitrogens with one attached hydrogen (secondary N) is 2. The van der Waals surface area contributed by atoms with E-state index < -0.39 is 0 Å². The number of esters is 1. The maximum Gasteiger partial charge on any atom is 0.337 e. The number of carbonyl (C=O) groups excluding carboxylic acids is 1. The Hall–Kier alpha value is -1.45. The van der Waals surface area contributed by atoms with Crippen molar-refractivity contribution in [1.29, 1.82) is 0 Å². The third kappa shape index (κ3) is 6.58. The molecule has 0 atom stereocenters. The van der Waals surface area contributed by atoms with Crippen LogP contribution in [0.15, 0.2) is 35.3 Å². The Morgan fingerprint density at radius 3 is 2.41 bits per heavy atom. The second-order valence-corrected chi connectivity index (χ2v) is 6.39. The minimum absolute atomic E-state index is 0. The average Bonchev–Trinajstić information content (AvgIpc) is 2.91. The van der Waals surface area contributed by atoms with Crippen LogP contribution in [-0.2, 0) is 24.8 Å². The first kappa shape index (κ1) is 23.6. The first-order valence-electron chi connectivity index (χ1n) is 8.07. The van der Waals surface area contributed by atoms with E-state index in [1.54, 1.807) is 19.2 Å². The smallest absolute Gasteiger partial charge is 0.337 e. The van der Waals surface area contributed by atoms with Gasteiger partial charge in [0.05, 0.1) is 24.2 Å². The highest BCUT2D eigenvalue weighted by atomic mass is 127. The van der Waals surface area contributed by atoms with E-state index >= 15 is 0 Å². The van der Waals surface area contributed by atoms with Crippen molar-refractivity contribution in [2.45, 2.75) is 13.0 Å². The Labute approximate surface area is 186 Å². The summed E-state index contributed by atoms with van der Waals surface area (Å²) < 4.78 is 6.52. The van der Waals surface area contributed by atoms with Gasteiger partial charge in [0.2, 0.25) is 0 Å². The van der Waals surface area contributed by atoms with Gasteiger partial charge in [-0.15, -0.1) is 24.0 Å². The second-order valence-electron chi connectivity index (χ2n) is 5.62. The zero-order chi connectivity index (χ0) is 19.1. The molecule has 0 saturated carbocycles. The van der Waals surface area contributed by atoms with Crippen LogP contribution in [0.2, 0.25) is 10.2 Å². The van der Waals surface area contributed by atoms with E-state index in [4.69, 9.17) is 27.9 Å². The lowest BCUT2D eigenvalue weighted by Crippen LogP contribution is -2.38. The van der Waals surface area contributed by atoms with Crippen molar-refractivity contribution in [2.75, 3.05) is 20.7 Å². The number of hydrogen-bond acceptors (Lipinski definition) is 3. The molecule has 6 nitrogen and oxygen atoms in total. The second kappa shape index (κ2) is 11.4. The van der Waals surface area contributed by atoms with E-state index in [0.29, 0.717) is 34.8 Å². The van der Waals surface area contributed by atoms with E-state index in [-0.39, 0.29) is 29.9 Å². The van der Waals surface area contributed by atoms with Gasteiger partial charge in [-0.05, 0) is 30.2 Å². The van der Waals surface area contributed by atoms with Gasteiger partial charge in [-0.2, -0.15) is 0 Å². The van der Waals surface area contributed by atoms with Crippen LogP contribution in [-0.4, -0.2) is 37.2 Å². The molecule has 0 fully saturated rings. The Bertz CT molecular complexity index is 791. The van der Waals surface area contributed by atoms with Crippen molar-refractivity contribution in [3.8, 4) is 0 Å². The molecular formula is C18H23Cl2IN4O2. The molecule has 0 saturated heterocycles. The molecule has 1 aromatic heterocycles. The Morgan fingerprint density at radius 1 is 1.22 bits per heavy atom. The summed E-state index contributed by atoms with van der Waals surface area (Å²) in [4.78, 5) is 15.6. The number of ether oxygens (including phenoxy) is 1. The van der Waals surface area contributed by atoms with E-state index in [0.717, 1.165) is 17.7 Å². The fraction of sp³-hybridized carbons (Fsp3) is 0.333. The lowest BCUT2D eigenvalue weighted by molar-refractivity contribution is 0.0600. The normalized spacial score (nSPS) is 10.9. The summed E-state index contributed by atoms with van der Waals surface area (Å²) in [6.07, 6.45) is 0.796. The number of guanidine groups is 1. The van der Waals surface area contributed by atoms with Crippen LogP contribution in [0.3, 0.4) is 0 Å². The van der Waals surface area contributed by atoms with Crippen molar-refractivity contribution >= 4 is 59.1 Å². The lowest BCUT2D eigenvalue weighted by Gasteiger charge is -2.12. The molecule has 2 N–H and O–H groups in total. The molecule has 0 aliphatic rings. The van der Waals surface area contributed by atoms with Crippen molar-refractivity contribution in [3.63, 3.8) is 0 Å². The molecule has 2 rings (SSSR count). The molecule has 0 radical (unpaired) electrons. The van der Waals surface area contributed by atoms with Crippen LogP contribution in [0.4, 0.5) is 0 Å². The standard InChI is InChI=1S/C18H22Cl2N4O2.HI/c1-21-18(23-11-14-10-15(19)16(20)24(14)2)22-9-8-12-4-6-13(7-5-12)17(25)26-3;/h4-7,10H,8-9,11H2,1-3H3,(H2,21,22,23);1H. The first-order valence-corrected chi connectivity index (χ1v) is 8.83. The largest absolute Gasteiger partial charge is 0.465 e. The van der Waals surface area contributed by atoms with Gasteiger partial charge in [-0.3, -0.25) is 4.99 Å². The van der Waals surface area contributed by atoms with Crippen LogP contribution >= 0.6 is 47.2 Å². The highest BCUT2D eigenvalue weighted by molar-refractivity contribution is 14.0. The summed E-state index contributed by atoms with van der Waals surface area (Å²) in [6.45, 7) is 1.25. The van der Waals surface area contributed by atoms with Crippen molar-refractivity contribution in [2.24, 2.45) is 12.0 Å². The average molecular weight is 525 g/mol. The van der Waals surface area contributed by atoms with E-state index in [9.17, 15) is 4.79 Å². The van der Waals surface area contributed by atoms with Crippen LogP contribution in [0.5, 0.6) is 0 Å². The van der Waals surface area contributed by atoms with E-state index in [2.05, 4.69) is 15.6 Å². The quantitative estimate of drug-likeness (QED) is 0.262. The summed E-state index contributed by atoms with van der Waals surface area (Å²) in [6, 6.07) is 9.18. The molecule has 1 aromatic carbocycles. The third-order valence-corrected chi connectivity index (χ3v) is 4.80. The zero-order valence-electron chi connectivity index (χ0n) is 15.4. The molecular weight excluding hydrogens is 502 g/mol. The monoisotopic (exact) mass is 524 g/mol. The number of nitrogens with zero attached hydrogens (tertiary/aromatic N) is 2. The topological polar surface area (TPSA) is 67.7 Å². The SMILES string of the molecule is CN=C(NCCc1ccc(C(=O)OC)cc1)NCc1cc(Cl)c(Cl)n1C.I. The number of methoxy groups -OCH3 is 1. The lowest BCUT2D eigenvalue weighted by atomic mass is 10.1. The van der Waals surface area contributed by atoms with Crippen LogP contribution in [0.25, 0.3) is 0 Å². The molecule has 9 heteroatoms. The van der Waals surface area contributed by atoms with Gasteiger partial charge < -0.3 is 19.9 Å². The van der Waals surface area contributed by atoms with E-state index in [1.807, 2.05) is 29.8 Å². The van der Waals surface area contributed by atoms with Crippen molar-refractivity contribution < 1.29 is 9.53 Å². The van der Waals surface area contributed by atoms with Gasteiger partial charge in [-0.25, -0.2) is 4.79 Å². The molecule has 2 aromatic rings. The van der Waals surface area contributed by atoms with Crippen molar-refractivity contribution in [1.82, 2.24) is 15.2 Å². The minimum atomic E-state index is -0.333. The maximum absolute atomic E-state index is 11.4. The molecule has 0 aliphatic carbocycles.